The normalized spacial score (nSPS) is 19.0. The van der Waals surface area contributed by atoms with Gasteiger partial charge in [0.1, 0.15) is 5.76 Å². The fourth-order valence-electron chi connectivity index (χ4n) is 2.83. The lowest BCUT2D eigenvalue weighted by Crippen LogP contribution is -2.52. The van der Waals surface area contributed by atoms with Gasteiger partial charge in [0.05, 0.1) is 19.4 Å². The van der Waals surface area contributed by atoms with E-state index in [2.05, 4.69) is 10.6 Å². The minimum absolute atomic E-state index is 0.0383. The molecular formula is C16H26N4O4. The molecule has 1 aromatic rings. The first kappa shape index (κ1) is 18.1. The number of carbonyl (C=O) groups is 2. The van der Waals surface area contributed by atoms with E-state index in [9.17, 15) is 9.59 Å². The van der Waals surface area contributed by atoms with Crippen LogP contribution < -0.4 is 10.6 Å². The number of piperidine rings is 1. The number of hydrogen-bond acceptors (Lipinski definition) is 5. The molecule has 2 rings (SSSR count). The molecule has 0 aliphatic carbocycles. The van der Waals surface area contributed by atoms with E-state index in [1.165, 1.54) is 7.11 Å². The van der Waals surface area contributed by atoms with E-state index in [-0.39, 0.29) is 24.2 Å². The molecule has 1 saturated heterocycles. The quantitative estimate of drug-likeness (QED) is 0.848. The number of furan rings is 1. The number of likely N-dealkylation sites (N-methyl/N-ethyl adjacent to an activating group) is 1. The van der Waals surface area contributed by atoms with Crippen LogP contribution in [0, 0.1) is 0 Å². The van der Waals surface area contributed by atoms with Crippen molar-refractivity contribution in [2.75, 3.05) is 40.8 Å². The average Bonchev–Trinajstić information content (AvgIpc) is 3.08. The number of hydrogen-bond donors (Lipinski definition) is 2. The van der Waals surface area contributed by atoms with Gasteiger partial charge in [0.15, 0.2) is 0 Å². The number of rotatable bonds is 5. The number of nitrogens with zero attached hydrogens (tertiary/aromatic N) is 2. The molecule has 8 nitrogen and oxygen atoms in total. The Kier molecular flexibility index (Phi) is 6.48. The summed E-state index contributed by atoms with van der Waals surface area (Å²) in [6.07, 6.45) is 2.95. The molecular weight excluding hydrogens is 312 g/mol. The fourth-order valence-corrected chi connectivity index (χ4v) is 2.83. The Morgan fingerprint density at radius 3 is 2.92 bits per heavy atom. The predicted molar refractivity (Wildman–Crippen MR) is 88.7 cm³/mol. The maximum atomic E-state index is 12.1. The number of urea groups is 1. The number of ether oxygens (including phenoxy) is 1. The lowest BCUT2D eigenvalue weighted by atomic mass is 10.1. The second kappa shape index (κ2) is 8.58. The summed E-state index contributed by atoms with van der Waals surface area (Å²) in [5.74, 6) is 0.801. The lowest BCUT2D eigenvalue weighted by Gasteiger charge is -2.32. The fraction of sp³-hybridized carbons (Fsp3) is 0.625. The molecule has 0 aromatic carbocycles. The van der Waals surface area contributed by atoms with Gasteiger partial charge in [-0.25, -0.2) is 9.59 Å². The van der Waals surface area contributed by atoms with Crippen molar-refractivity contribution >= 4 is 12.1 Å². The molecule has 8 heteroatoms. The van der Waals surface area contributed by atoms with Gasteiger partial charge in [0.2, 0.25) is 0 Å². The van der Waals surface area contributed by atoms with Crippen LogP contribution in [0.1, 0.15) is 24.6 Å². The van der Waals surface area contributed by atoms with Crippen LogP contribution in [0.5, 0.6) is 0 Å². The molecule has 2 unspecified atom stereocenters. The van der Waals surface area contributed by atoms with Crippen molar-refractivity contribution in [3.05, 3.63) is 24.2 Å². The number of carbonyl (C=O) groups excluding carboxylic acids is 2. The average molecular weight is 338 g/mol. The van der Waals surface area contributed by atoms with E-state index in [1.54, 1.807) is 11.2 Å². The van der Waals surface area contributed by atoms with Crippen LogP contribution in [0.15, 0.2) is 22.8 Å². The van der Waals surface area contributed by atoms with Crippen LogP contribution in [0.4, 0.5) is 9.59 Å². The Hall–Kier alpha value is -2.22. The molecule has 2 N–H and O–H groups in total. The highest BCUT2D eigenvalue weighted by Crippen LogP contribution is 2.17. The summed E-state index contributed by atoms with van der Waals surface area (Å²) in [4.78, 5) is 27.3. The smallest absolute Gasteiger partial charge is 0.409 e. The van der Waals surface area contributed by atoms with Crippen molar-refractivity contribution in [2.45, 2.75) is 24.9 Å². The van der Waals surface area contributed by atoms with E-state index in [4.69, 9.17) is 9.15 Å². The molecule has 3 amide bonds. The van der Waals surface area contributed by atoms with E-state index >= 15 is 0 Å². The Morgan fingerprint density at radius 1 is 1.50 bits per heavy atom. The van der Waals surface area contributed by atoms with Gasteiger partial charge in [-0.15, -0.1) is 0 Å². The van der Waals surface area contributed by atoms with E-state index in [0.29, 0.717) is 19.6 Å². The van der Waals surface area contributed by atoms with Crippen LogP contribution in [0.2, 0.25) is 0 Å². The SMILES string of the molecule is COC(=O)N1CCCC(NC(=O)NCC(c2ccco2)N(C)C)C1. The van der Waals surface area contributed by atoms with Crippen molar-refractivity contribution in [3.8, 4) is 0 Å². The molecule has 1 fully saturated rings. The zero-order valence-corrected chi connectivity index (χ0v) is 14.4. The second-order valence-electron chi connectivity index (χ2n) is 6.10. The van der Waals surface area contributed by atoms with Crippen LogP contribution in [0.25, 0.3) is 0 Å². The third-order valence-electron chi connectivity index (χ3n) is 4.14. The summed E-state index contributed by atoms with van der Waals surface area (Å²) in [6.45, 7) is 1.56. The zero-order valence-electron chi connectivity index (χ0n) is 14.4. The highest BCUT2D eigenvalue weighted by Gasteiger charge is 2.25. The lowest BCUT2D eigenvalue weighted by molar-refractivity contribution is 0.108. The number of nitrogens with one attached hydrogen (secondary N) is 2. The Labute approximate surface area is 142 Å². The van der Waals surface area contributed by atoms with Crippen LogP contribution in [0.3, 0.4) is 0 Å². The minimum Gasteiger partial charge on any atom is -0.468 e. The molecule has 0 saturated carbocycles. The monoisotopic (exact) mass is 338 g/mol. The summed E-state index contributed by atoms with van der Waals surface area (Å²) in [5.41, 5.74) is 0. The van der Waals surface area contributed by atoms with Crippen LogP contribution >= 0.6 is 0 Å². The molecule has 1 aliphatic rings. The largest absolute Gasteiger partial charge is 0.468 e. The van der Waals surface area contributed by atoms with E-state index < -0.39 is 0 Å². The van der Waals surface area contributed by atoms with Crippen molar-refractivity contribution < 1.29 is 18.7 Å². The van der Waals surface area contributed by atoms with Gasteiger partial charge in [0.25, 0.3) is 0 Å². The number of methoxy groups -OCH3 is 1. The predicted octanol–water partition coefficient (Wildman–Crippen LogP) is 1.41. The maximum absolute atomic E-state index is 12.1. The van der Waals surface area contributed by atoms with Gasteiger partial charge >= 0.3 is 12.1 Å². The number of likely N-dealkylation sites (tertiary alicyclic amines) is 1. The molecule has 0 bridgehead atoms. The summed E-state index contributed by atoms with van der Waals surface area (Å²) in [7, 11) is 5.23. The third kappa shape index (κ3) is 4.89. The summed E-state index contributed by atoms with van der Waals surface area (Å²) >= 11 is 0. The van der Waals surface area contributed by atoms with Gasteiger partial charge in [-0.2, -0.15) is 0 Å². The molecule has 1 aromatic heterocycles. The first-order chi connectivity index (χ1) is 11.5. The van der Waals surface area contributed by atoms with Gasteiger partial charge in [-0.05, 0) is 39.1 Å². The Bertz CT molecular complexity index is 532. The first-order valence-electron chi connectivity index (χ1n) is 8.08. The Balaban J connectivity index is 1.81. The highest BCUT2D eigenvalue weighted by molar-refractivity contribution is 5.74. The molecule has 0 radical (unpaired) electrons. The molecule has 2 heterocycles. The maximum Gasteiger partial charge on any atom is 0.409 e. The molecule has 0 spiro atoms. The topological polar surface area (TPSA) is 87.0 Å². The highest BCUT2D eigenvalue weighted by atomic mass is 16.5. The standard InChI is InChI=1S/C16H26N4O4/c1-19(2)13(14-7-5-9-24-14)10-17-15(21)18-12-6-4-8-20(11-12)16(22)23-3/h5,7,9,12-13H,4,6,8,10-11H2,1-3H3,(H2,17,18,21). The van der Waals surface area contributed by atoms with Crippen molar-refractivity contribution in [2.24, 2.45) is 0 Å². The molecule has 134 valence electrons. The van der Waals surface area contributed by atoms with Crippen molar-refractivity contribution in [1.29, 1.82) is 0 Å². The summed E-state index contributed by atoms with van der Waals surface area (Å²) in [6, 6.07) is 3.36. The Morgan fingerprint density at radius 2 is 2.29 bits per heavy atom. The summed E-state index contributed by atoms with van der Waals surface area (Å²) in [5, 5.41) is 5.79. The molecule has 1 aliphatic heterocycles. The van der Waals surface area contributed by atoms with Crippen LogP contribution in [-0.2, 0) is 4.74 Å². The van der Waals surface area contributed by atoms with Gasteiger partial charge in [0, 0.05) is 25.7 Å². The minimum atomic E-state index is -0.354. The zero-order chi connectivity index (χ0) is 17.5. The van der Waals surface area contributed by atoms with Gasteiger partial charge in [-0.3, -0.25) is 4.90 Å². The van der Waals surface area contributed by atoms with E-state index in [1.807, 2.05) is 31.1 Å². The second-order valence-corrected chi connectivity index (χ2v) is 6.10. The molecule has 24 heavy (non-hydrogen) atoms. The van der Waals surface area contributed by atoms with Crippen LogP contribution in [-0.4, -0.2) is 68.8 Å². The number of amides is 3. The third-order valence-corrected chi connectivity index (χ3v) is 4.14. The van der Waals surface area contributed by atoms with Gasteiger partial charge in [-0.1, -0.05) is 0 Å². The summed E-state index contributed by atoms with van der Waals surface area (Å²) < 4.78 is 10.2. The first-order valence-corrected chi connectivity index (χ1v) is 8.08. The van der Waals surface area contributed by atoms with E-state index in [0.717, 1.165) is 18.6 Å². The van der Waals surface area contributed by atoms with Crippen molar-refractivity contribution in [1.82, 2.24) is 20.4 Å². The van der Waals surface area contributed by atoms with Gasteiger partial charge < -0.3 is 24.7 Å². The van der Waals surface area contributed by atoms with Crippen molar-refractivity contribution in [3.63, 3.8) is 0 Å². The molecule has 2 atom stereocenters.